The van der Waals surface area contributed by atoms with Crippen molar-refractivity contribution in [3.05, 3.63) is 65.7 Å². The number of halogens is 3. The van der Waals surface area contributed by atoms with Crippen LogP contribution in [-0.2, 0) is 16.0 Å². The Hall–Kier alpha value is -3.36. The third-order valence-electron chi connectivity index (χ3n) is 4.34. The summed E-state index contributed by atoms with van der Waals surface area (Å²) >= 11 is 0. The Morgan fingerprint density at radius 1 is 1.07 bits per heavy atom. The molecule has 0 bridgehead atoms. The minimum Gasteiger partial charge on any atom is -0.318 e. The van der Waals surface area contributed by atoms with Crippen molar-refractivity contribution >= 4 is 23.5 Å². The van der Waals surface area contributed by atoms with Gasteiger partial charge in [0.25, 0.3) is 11.6 Å². The SMILES string of the molecule is Cc1ccccc1N1C(=O)N[C@@](NC(=O)Cc2ccccc2)(C(F)(F)F)C1=O. The number of para-hydroxylation sites is 1. The predicted octanol–water partition coefficient (Wildman–Crippen LogP) is 2.67. The lowest BCUT2D eigenvalue weighted by molar-refractivity contribution is -0.201. The molecular formula is C19H16F3N3O3. The van der Waals surface area contributed by atoms with Gasteiger partial charge < -0.3 is 5.32 Å². The number of urea groups is 1. The highest BCUT2D eigenvalue weighted by molar-refractivity contribution is 6.24. The number of nitrogens with one attached hydrogen (secondary N) is 2. The molecule has 1 saturated heterocycles. The van der Waals surface area contributed by atoms with Crippen LogP contribution in [0.3, 0.4) is 0 Å². The Morgan fingerprint density at radius 3 is 2.29 bits per heavy atom. The van der Waals surface area contributed by atoms with E-state index >= 15 is 0 Å². The third-order valence-corrected chi connectivity index (χ3v) is 4.34. The molecule has 2 aromatic carbocycles. The number of carbonyl (C=O) groups is 3. The summed E-state index contributed by atoms with van der Waals surface area (Å²) in [6, 6.07) is 12.8. The molecular weight excluding hydrogens is 375 g/mol. The fraction of sp³-hybridized carbons (Fsp3) is 0.211. The molecule has 4 amide bonds. The number of anilines is 1. The summed E-state index contributed by atoms with van der Waals surface area (Å²) in [5, 5.41) is 3.32. The van der Waals surface area contributed by atoms with Crippen LogP contribution in [0.5, 0.6) is 0 Å². The van der Waals surface area contributed by atoms with Gasteiger partial charge in [0, 0.05) is 0 Å². The van der Waals surface area contributed by atoms with E-state index in [1.54, 1.807) is 60.0 Å². The van der Waals surface area contributed by atoms with E-state index in [0.717, 1.165) is 0 Å². The van der Waals surface area contributed by atoms with Crippen LogP contribution in [0.2, 0.25) is 0 Å². The highest BCUT2D eigenvalue weighted by Gasteiger charge is 2.69. The lowest BCUT2D eigenvalue weighted by atomic mass is 10.1. The lowest BCUT2D eigenvalue weighted by Crippen LogP contribution is -2.69. The van der Waals surface area contributed by atoms with Gasteiger partial charge in [-0.25, -0.2) is 9.69 Å². The molecule has 2 N–H and O–H groups in total. The van der Waals surface area contributed by atoms with Crippen molar-refractivity contribution < 1.29 is 27.6 Å². The van der Waals surface area contributed by atoms with E-state index in [2.05, 4.69) is 0 Å². The number of imide groups is 1. The van der Waals surface area contributed by atoms with Gasteiger partial charge in [-0.05, 0) is 24.1 Å². The maximum Gasteiger partial charge on any atom is 0.440 e. The van der Waals surface area contributed by atoms with Crippen LogP contribution < -0.4 is 15.5 Å². The minimum absolute atomic E-state index is 0.00781. The van der Waals surface area contributed by atoms with Crippen molar-refractivity contribution in [2.75, 3.05) is 4.90 Å². The van der Waals surface area contributed by atoms with Crippen LogP contribution in [-0.4, -0.2) is 29.7 Å². The first-order chi connectivity index (χ1) is 13.2. The molecule has 3 rings (SSSR count). The van der Waals surface area contributed by atoms with Gasteiger partial charge in [0.2, 0.25) is 5.91 Å². The van der Waals surface area contributed by atoms with Crippen LogP contribution in [0.25, 0.3) is 0 Å². The first-order valence-corrected chi connectivity index (χ1v) is 8.30. The zero-order chi connectivity index (χ0) is 20.5. The molecule has 1 fully saturated rings. The molecule has 0 radical (unpaired) electrons. The molecule has 0 saturated carbocycles. The summed E-state index contributed by atoms with van der Waals surface area (Å²) in [5.41, 5.74) is -2.63. The Balaban J connectivity index is 1.94. The summed E-state index contributed by atoms with van der Waals surface area (Å²) in [6.45, 7) is 1.55. The molecule has 0 spiro atoms. The van der Waals surface area contributed by atoms with Crippen molar-refractivity contribution in [2.24, 2.45) is 0 Å². The molecule has 1 heterocycles. The minimum atomic E-state index is -5.25. The van der Waals surface area contributed by atoms with Crippen molar-refractivity contribution in [3.63, 3.8) is 0 Å². The number of hydrogen-bond donors (Lipinski definition) is 2. The van der Waals surface area contributed by atoms with Crippen LogP contribution in [0.15, 0.2) is 54.6 Å². The molecule has 0 aromatic heterocycles. The van der Waals surface area contributed by atoms with Gasteiger partial charge in [-0.3, -0.25) is 14.9 Å². The molecule has 6 nitrogen and oxygen atoms in total. The van der Waals surface area contributed by atoms with E-state index in [9.17, 15) is 27.6 Å². The standard InChI is InChI=1S/C19H16F3N3O3/c1-12-7-5-6-10-14(12)25-16(27)18(19(20,21)22,24-17(25)28)23-15(26)11-13-8-3-2-4-9-13/h2-10H,11H2,1H3,(H,23,26)(H,24,28)/t18-/m1/s1. The average molecular weight is 391 g/mol. The van der Waals surface area contributed by atoms with Crippen LogP contribution >= 0.6 is 0 Å². The number of nitrogens with zero attached hydrogens (tertiary/aromatic N) is 1. The van der Waals surface area contributed by atoms with Gasteiger partial charge in [-0.15, -0.1) is 0 Å². The number of alkyl halides is 3. The van der Waals surface area contributed by atoms with Gasteiger partial charge in [-0.2, -0.15) is 13.2 Å². The number of hydrogen-bond acceptors (Lipinski definition) is 3. The highest BCUT2D eigenvalue weighted by Crippen LogP contribution is 2.36. The second-order valence-corrected chi connectivity index (χ2v) is 6.32. The fourth-order valence-corrected chi connectivity index (χ4v) is 2.95. The normalized spacial score (nSPS) is 19.5. The van der Waals surface area contributed by atoms with Crippen molar-refractivity contribution in [3.8, 4) is 0 Å². The van der Waals surface area contributed by atoms with Crippen molar-refractivity contribution in [1.29, 1.82) is 0 Å². The first-order valence-electron chi connectivity index (χ1n) is 8.30. The second-order valence-electron chi connectivity index (χ2n) is 6.32. The zero-order valence-electron chi connectivity index (χ0n) is 14.7. The van der Waals surface area contributed by atoms with Crippen LogP contribution in [0.1, 0.15) is 11.1 Å². The third kappa shape index (κ3) is 3.30. The van der Waals surface area contributed by atoms with Gasteiger partial charge in [0.1, 0.15) is 0 Å². The summed E-state index contributed by atoms with van der Waals surface area (Å²) in [6.07, 6.45) is -5.63. The highest BCUT2D eigenvalue weighted by atomic mass is 19.4. The smallest absolute Gasteiger partial charge is 0.318 e. The van der Waals surface area contributed by atoms with Crippen molar-refractivity contribution in [2.45, 2.75) is 25.2 Å². The van der Waals surface area contributed by atoms with E-state index in [1.165, 1.54) is 12.1 Å². The van der Waals surface area contributed by atoms with E-state index in [4.69, 9.17) is 0 Å². The molecule has 0 unspecified atom stereocenters. The molecule has 28 heavy (non-hydrogen) atoms. The van der Waals surface area contributed by atoms with E-state index < -0.39 is 29.7 Å². The summed E-state index contributed by atoms with van der Waals surface area (Å²) in [4.78, 5) is 37.7. The second kappa shape index (κ2) is 6.99. The maximum absolute atomic E-state index is 13.9. The van der Waals surface area contributed by atoms with Crippen LogP contribution in [0.4, 0.5) is 23.7 Å². The first kappa shape index (κ1) is 19.4. The zero-order valence-corrected chi connectivity index (χ0v) is 14.7. The van der Waals surface area contributed by atoms with E-state index in [-0.39, 0.29) is 12.1 Å². The summed E-state index contributed by atoms with van der Waals surface area (Å²) in [5.74, 6) is -2.66. The Morgan fingerprint density at radius 2 is 1.68 bits per heavy atom. The largest absolute Gasteiger partial charge is 0.440 e. The summed E-state index contributed by atoms with van der Waals surface area (Å²) < 4.78 is 41.6. The molecule has 1 aliphatic rings. The number of benzene rings is 2. The van der Waals surface area contributed by atoms with Gasteiger partial charge in [0.05, 0.1) is 12.1 Å². The quantitative estimate of drug-likeness (QED) is 0.787. The topological polar surface area (TPSA) is 78.5 Å². The molecule has 2 aromatic rings. The Labute approximate surface area is 158 Å². The molecule has 1 aliphatic heterocycles. The van der Waals surface area contributed by atoms with E-state index in [1.807, 2.05) is 0 Å². The lowest BCUT2D eigenvalue weighted by Gasteiger charge is -2.30. The van der Waals surface area contributed by atoms with Gasteiger partial charge in [-0.1, -0.05) is 48.5 Å². The fourth-order valence-electron chi connectivity index (χ4n) is 2.95. The molecule has 0 aliphatic carbocycles. The number of carbonyl (C=O) groups excluding carboxylic acids is 3. The van der Waals surface area contributed by atoms with Gasteiger partial charge in [0.15, 0.2) is 0 Å². The molecule has 146 valence electrons. The van der Waals surface area contributed by atoms with Gasteiger partial charge >= 0.3 is 12.2 Å². The molecule has 1 atom stereocenters. The van der Waals surface area contributed by atoms with Crippen molar-refractivity contribution in [1.82, 2.24) is 10.6 Å². The van der Waals surface area contributed by atoms with Crippen LogP contribution in [0, 0.1) is 6.92 Å². The number of aryl methyl sites for hydroxylation is 1. The predicted molar refractivity (Wildman–Crippen MR) is 94.3 cm³/mol. The number of amides is 4. The number of rotatable bonds is 4. The Bertz CT molecular complexity index is 931. The summed E-state index contributed by atoms with van der Waals surface area (Å²) in [7, 11) is 0. The molecule has 9 heteroatoms. The monoisotopic (exact) mass is 391 g/mol. The van der Waals surface area contributed by atoms with E-state index in [0.29, 0.717) is 16.0 Å². The average Bonchev–Trinajstić information content (AvgIpc) is 2.87. The Kier molecular flexibility index (Phi) is 4.84. The maximum atomic E-state index is 13.9.